The van der Waals surface area contributed by atoms with Gasteiger partial charge in [0.15, 0.2) is 0 Å². The van der Waals surface area contributed by atoms with Gasteiger partial charge in [0.05, 0.1) is 6.54 Å². The van der Waals surface area contributed by atoms with Crippen LogP contribution in [0.15, 0.2) is 40.9 Å². The van der Waals surface area contributed by atoms with E-state index in [1.165, 1.54) is 6.92 Å². The molecule has 3 N–H and O–H groups in total. The highest BCUT2D eigenvalue weighted by Gasteiger charge is 2.08. The number of amides is 2. The molecule has 0 aliphatic rings. The highest BCUT2D eigenvalue weighted by atomic mass is 79.9. The maximum Gasteiger partial charge on any atom is 0.243 e. The Balaban J connectivity index is 1.98. The average molecular weight is 390 g/mol. The molecule has 0 saturated heterocycles. The number of hydrogen-bond acceptors (Lipinski definition) is 3. The summed E-state index contributed by atoms with van der Waals surface area (Å²) in [5.74, 6) is -0.264. The van der Waals surface area contributed by atoms with Crippen LogP contribution >= 0.6 is 15.9 Å². The number of rotatable bonds is 5. The predicted molar refractivity (Wildman–Crippen MR) is 101 cm³/mol. The number of nitrogens with one attached hydrogen (secondary N) is 3. The molecule has 2 rings (SSSR count). The molecule has 5 nitrogen and oxygen atoms in total. The van der Waals surface area contributed by atoms with E-state index >= 15 is 0 Å². The molecule has 2 amide bonds. The van der Waals surface area contributed by atoms with E-state index in [4.69, 9.17) is 0 Å². The Morgan fingerprint density at radius 1 is 1.04 bits per heavy atom. The number of carbonyl (C=O) groups excluding carboxylic acids is 2. The second kappa shape index (κ2) is 7.97. The Hall–Kier alpha value is -2.34. The second-order valence-corrected chi connectivity index (χ2v) is 6.38. The molecule has 2 aromatic carbocycles. The van der Waals surface area contributed by atoms with Gasteiger partial charge >= 0.3 is 0 Å². The van der Waals surface area contributed by atoms with Gasteiger partial charge in [0.2, 0.25) is 11.8 Å². The highest BCUT2D eigenvalue weighted by molar-refractivity contribution is 9.10. The number of benzene rings is 2. The van der Waals surface area contributed by atoms with E-state index in [0.29, 0.717) is 0 Å². The van der Waals surface area contributed by atoms with Gasteiger partial charge in [-0.2, -0.15) is 0 Å². The zero-order valence-electron chi connectivity index (χ0n) is 13.9. The van der Waals surface area contributed by atoms with Crippen LogP contribution in [0.1, 0.15) is 18.1 Å². The average Bonchev–Trinajstić information content (AvgIpc) is 2.51. The summed E-state index contributed by atoms with van der Waals surface area (Å²) in [6.45, 7) is 5.46. The lowest BCUT2D eigenvalue weighted by Crippen LogP contribution is -2.22. The monoisotopic (exact) mass is 389 g/mol. The standard InChI is InChI=1S/C18H20BrN3O2/c1-11-9-14(7-8-15(11)19)22-18(24)10-20-16-5-4-6-17(12(16)2)21-13(3)23/h4-9,20H,10H2,1-3H3,(H,21,23)(H,22,24). The lowest BCUT2D eigenvalue weighted by atomic mass is 10.1. The van der Waals surface area contributed by atoms with Crippen molar-refractivity contribution in [2.24, 2.45) is 0 Å². The molecule has 0 heterocycles. The summed E-state index contributed by atoms with van der Waals surface area (Å²) in [6, 6.07) is 11.2. The molecule has 24 heavy (non-hydrogen) atoms. The van der Waals surface area contributed by atoms with Crippen molar-refractivity contribution in [1.82, 2.24) is 0 Å². The minimum Gasteiger partial charge on any atom is -0.376 e. The topological polar surface area (TPSA) is 70.2 Å². The van der Waals surface area contributed by atoms with Crippen molar-refractivity contribution >= 4 is 44.8 Å². The first-order valence-electron chi connectivity index (χ1n) is 7.54. The third-order valence-corrected chi connectivity index (χ3v) is 4.42. The summed E-state index contributed by atoms with van der Waals surface area (Å²) in [5.41, 5.74) is 4.24. The van der Waals surface area contributed by atoms with Crippen LogP contribution in [-0.4, -0.2) is 18.4 Å². The zero-order valence-corrected chi connectivity index (χ0v) is 15.5. The molecule has 0 aliphatic heterocycles. The predicted octanol–water partition coefficient (Wildman–Crippen LogP) is 4.07. The van der Waals surface area contributed by atoms with Gasteiger partial charge in [-0.15, -0.1) is 0 Å². The van der Waals surface area contributed by atoms with E-state index in [1.54, 1.807) is 0 Å². The fraction of sp³-hybridized carbons (Fsp3) is 0.222. The minimum absolute atomic E-state index is 0.126. The Kier molecular flexibility index (Phi) is 5.98. The van der Waals surface area contributed by atoms with E-state index in [0.717, 1.165) is 32.7 Å². The third kappa shape index (κ3) is 4.83. The quantitative estimate of drug-likeness (QED) is 0.721. The van der Waals surface area contributed by atoms with Crippen LogP contribution in [-0.2, 0) is 9.59 Å². The van der Waals surface area contributed by atoms with Crippen molar-refractivity contribution in [3.05, 3.63) is 52.0 Å². The van der Waals surface area contributed by atoms with E-state index in [2.05, 4.69) is 31.9 Å². The summed E-state index contributed by atoms with van der Waals surface area (Å²) in [5, 5.41) is 8.72. The smallest absolute Gasteiger partial charge is 0.243 e. The second-order valence-electron chi connectivity index (χ2n) is 5.53. The third-order valence-electron chi connectivity index (χ3n) is 3.53. The summed E-state index contributed by atoms with van der Waals surface area (Å²) in [7, 11) is 0. The highest BCUT2D eigenvalue weighted by Crippen LogP contribution is 2.23. The first-order valence-corrected chi connectivity index (χ1v) is 8.33. The van der Waals surface area contributed by atoms with Crippen LogP contribution in [0.5, 0.6) is 0 Å². The number of halogens is 1. The molecular formula is C18H20BrN3O2. The van der Waals surface area contributed by atoms with Crippen molar-refractivity contribution in [3.8, 4) is 0 Å². The minimum atomic E-state index is -0.138. The molecule has 126 valence electrons. The molecule has 0 saturated carbocycles. The van der Waals surface area contributed by atoms with Gasteiger partial charge in [0, 0.05) is 28.5 Å². The van der Waals surface area contributed by atoms with Crippen LogP contribution in [0.4, 0.5) is 17.1 Å². The molecule has 0 aromatic heterocycles. The van der Waals surface area contributed by atoms with E-state index in [-0.39, 0.29) is 18.4 Å². The van der Waals surface area contributed by atoms with Crippen molar-refractivity contribution in [2.45, 2.75) is 20.8 Å². The van der Waals surface area contributed by atoms with Gasteiger partial charge in [0.1, 0.15) is 0 Å². The zero-order chi connectivity index (χ0) is 17.7. The lowest BCUT2D eigenvalue weighted by molar-refractivity contribution is -0.115. The Bertz CT molecular complexity index is 775. The summed E-state index contributed by atoms with van der Waals surface area (Å²) >= 11 is 3.43. The van der Waals surface area contributed by atoms with Crippen molar-refractivity contribution < 1.29 is 9.59 Å². The molecule has 0 radical (unpaired) electrons. The van der Waals surface area contributed by atoms with Crippen molar-refractivity contribution in [2.75, 3.05) is 22.5 Å². The fourth-order valence-electron chi connectivity index (χ4n) is 2.26. The number of carbonyl (C=O) groups is 2. The maximum absolute atomic E-state index is 12.1. The number of hydrogen-bond donors (Lipinski definition) is 3. The summed E-state index contributed by atoms with van der Waals surface area (Å²) < 4.78 is 1.00. The van der Waals surface area contributed by atoms with Crippen molar-refractivity contribution in [3.63, 3.8) is 0 Å². The van der Waals surface area contributed by atoms with E-state index in [9.17, 15) is 9.59 Å². The van der Waals surface area contributed by atoms with Crippen LogP contribution in [0.25, 0.3) is 0 Å². The molecule has 0 fully saturated rings. The first-order chi connectivity index (χ1) is 11.4. The lowest BCUT2D eigenvalue weighted by Gasteiger charge is -2.14. The molecule has 0 atom stereocenters. The van der Waals surface area contributed by atoms with Gasteiger partial charge in [-0.1, -0.05) is 22.0 Å². The summed E-state index contributed by atoms with van der Waals surface area (Å²) in [6.07, 6.45) is 0. The number of anilines is 3. The van der Waals surface area contributed by atoms with Crippen LogP contribution in [0, 0.1) is 13.8 Å². The van der Waals surface area contributed by atoms with Gasteiger partial charge < -0.3 is 16.0 Å². The summed E-state index contributed by atoms with van der Waals surface area (Å²) in [4.78, 5) is 23.3. The van der Waals surface area contributed by atoms with Crippen LogP contribution in [0.2, 0.25) is 0 Å². The maximum atomic E-state index is 12.1. The molecule has 2 aromatic rings. The SMILES string of the molecule is CC(=O)Nc1cccc(NCC(=O)Nc2ccc(Br)c(C)c2)c1C. The first kappa shape index (κ1) is 18.0. The van der Waals surface area contributed by atoms with E-state index in [1.807, 2.05) is 50.2 Å². The molecule has 0 unspecified atom stereocenters. The molecular weight excluding hydrogens is 370 g/mol. The molecule has 0 bridgehead atoms. The van der Waals surface area contributed by atoms with Crippen molar-refractivity contribution in [1.29, 1.82) is 0 Å². The molecule has 0 spiro atoms. The Morgan fingerprint density at radius 3 is 2.42 bits per heavy atom. The fourth-order valence-corrected chi connectivity index (χ4v) is 2.50. The van der Waals surface area contributed by atoms with Gasteiger partial charge in [-0.3, -0.25) is 9.59 Å². The number of aryl methyl sites for hydroxylation is 1. The Labute approximate surface area is 150 Å². The molecule has 0 aliphatic carbocycles. The normalized spacial score (nSPS) is 10.2. The van der Waals surface area contributed by atoms with Gasteiger partial charge in [-0.25, -0.2) is 0 Å². The van der Waals surface area contributed by atoms with Crippen LogP contribution in [0.3, 0.4) is 0 Å². The van der Waals surface area contributed by atoms with Gasteiger partial charge in [-0.05, 0) is 55.3 Å². The Morgan fingerprint density at radius 2 is 1.75 bits per heavy atom. The molecule has 6 heteroatoms. The van der Waals surface area contributed by atoms with Gasteiger partial charge in [0.25, 0.3) is 0 Å². The van der Waals surface area contributed by atoms with Crippen LogP contribution < -0.4 is 16.0 Å². The van der Waals surface area contributed by atoms with E-state index < -0.39 is 0 Å². The largest absolute Gasteiger partial charge is 0.376 e.